The molecule has 0 atom stereocenters. The second-order valence-corrected chi connectivity index (χ2v) is 4.41. The first-order chi connectivity index (χ1) is 6.67. The molecule has 0 aliphatic heterocycles. The van der Waals surface area contributed by atoms with Crippen molar-refractivity contribution >= 4 is 0 Å². The Balaban J connectivity index is 2.89. The van der Waals surface area contributed by atoms with E-state index in [-0.39, 0.29) is 0 Å². The summed E-state index contributed by atoms with van der Waals surface area (Å²) in [6.07, 6.45) is 3.53. The van der Waals surface area contributed by atoms with E-state index in [9.17, 15) is 0 Å². The minimum Gasteiger partial charge on any atom is -0.0625 e. The Morgan fingerprint density at radius 3 is 2.14 bits per heavy atom. The molecule has 0 unspecified atom stereocenters. The molecule has 0 amide bonds. The lowest BCUT2D eigenvalue weighted by molar-refractivity contribution is 0.646. The zero-order valence-corrected chi connectivity index (χ0v) is 9.93. The average molecular weight is 190 g/mol. The summed E-state index contributed by atoms with van der Waals surface area (Å²) in [6, 6.07) is 6.98. The summed E-state index contributed by atoms with van der Waals surface area (Å²) < 4.78 is 0. The smallest absolute Gasteiger partial charge is 0.0256 e. The van der Waals surface area contributed by atoms with Crippen LogP contribution in [0.15, 0.2) is 18.2 Å². The van der Waals surface area contributed by atoms with Crippen LogP contribution in [0.5, 0.6) is 0 Å². The lowest BCUT2D eigenvalue weighted by atomic mass is 9.96. The van der Waals surface area contributed by atoms with Gasteiger partial charge in [0.2, 0.25) is 0 Å². The van der Waals surface area contributed by atoms with Crippen molar-refractivity contribution in [3.05, 3.63) is 34.9 Å². The minimum atomic E-state index is 0.757. The van der Waals surface area contributed by atoms with Crippen molar-refractivity contribution in [3.63, 3.8) is 0 Å². The zero-order valence-electron chi connectivity index (χ0n) is 9.93. The van der Waals surface area contributed by atoms with E-state index in [1.165, 1.54) is 23.1 Å². The predicted octanol–water partition coefficient (Wildman–Crippen LogP) is 4.01. The van der Waals surface area contributed by atoms with E-state index in [0.29, 0.717) is 0 Å². The highest BCUT2D eigenvalue weighted by Gasteiger charge is 2.02. The fraction of sp³-hybridized carbons (Fsp3) is 0.571. The van der Waals surface area contributed by atoms with Crippen molar-refractivity contribution in [3.8, 4) is 0 Å². The third kappa shape index (κ3) is 2.87. The monoisotopic (exact) mass is 190 g/mol. The van der Waals surface area contributed by atoms with Gasteiger partial charge in [0.15, 0.2) is 0 Å². The lowest BCUT2D eigenvalue weighted by Gasteiger charge is -2.10. The molecule has 14 heavy (non-hydrogen) atoms. The summed E-state index contributed by atoms with van der Waals surface area (Å²) in [5.41, 5.74) is 4.54. The average Bonchev–Trinajstić information content (AvgIpc) is 2.16. The first kappa shape index (κ1) is 11.3. The molecule has 0 aromatic heterocycles. The first-order valence-electron chi connectivity index (χ1n) is 5.78. The lowest BCUT2D eigenvalue weighted by Crippen LogP contribution is -1.97. The van der Waals surface area contributed by atoms with Crippen LogP contribution >= 0.6 is 0 Å². The summed E-state index contributed by atoms with van der Waals surface area (Å²) in [7, 11) is 0. The van der Waals surface area contributed by atoms with Crippen LogP contribution in [0.4, 0.5) is 0 Å². The van der Waals surface area contributed by atoms with Crippen molar-refractivity contribution < 1.29 is 0 Å². The summed E-state index contributed by atoms with van der Waals surface area (Å²) in [6.45, 7) is 9.03. The van der Waals surface area contributed by atoms with Gasteiger partial charge in [-0.1, -0.05) is 45.9 Å². The molecule has 1 aromatic carbocycles. The van der Waals surface area contributed by atoms with Gasteiger partial charge in [0.1, 0.15) is 0 Å². The fourth-order valence-corrected chi connectivity index (χ4v) is 1.95. The number of hydrogen-bond donors (Lipinski definition) is 0. The molecule has 0 saturated carbocycles. The Hall–Kier alpha value is -0.780. The molecule has 0 heterocycles. The molecule has 1 rings (SSSR count). The predicted molar refractivity (Wildman–Crippen MR) is 63.7 cm³/mol. The van der Waals surface area contributed by atoms with Crippen molar-refractivity contribution in [1.82, 2.24) is 0 Å². The molecule has 0 spiro atoms. The Labute approximate surface area is 88.4 Å². The highest BCUT2D eigenvalue weighted by molar-refractivity contribution is 5.32. The minimum absolute atomic E-state index is 0.757. The van der Waals surface area contributed by atoms with Crippen LogP contribution in [0.1, 0.15) is 44.4 Å². The normalized spacial score (nSPS) is 10.9. The van der Waals surface area contributed by atoms with Crippen molar-refractivity contribution in [2.24, 2.45) is 5.92 Å². The summed E-state index contributed by atoms with van der Waals surface area (Å²) in [5.74, 6) is 0.757. The molecule has 0 heteroatoms. The molecule has 0 aliphatic carbocycles. The maximum Gasteiger partial charge on any atom is -0.0256 e. The van der Waals surface area contributed by atoms with E-state index in [1.54, 1.807) is 0 Å². The van der Waals surface area contributed by atoms with Crippen molar-refractivity contribution in [2.75, 3.05) is 0 Å². The van der Waals surface area contributed by atoms with E-state index >= 15 is 0 Å². The highest BCUT2D eigenvalue weighted by atomic mass is 14.1. The van der Waals surface area contributed by atoms with E-state index in [0.717, 1.165) is 18.8 Å². The van der Waals surface area contributed by atoms with Crippen molar-refractivity contribution in [1.29, 1.82) is 0 Å². The Bertz CT molecular complexity index is 284. The van der Waals surface area contributed by atoms with Gasteiger partial charge in [-0.3, -0.25) is 0 Å². The molecule has 0 nitrogen and oxygen atoms in total. The highest BCUT2D eigenvalue weighted by Crippen LogP contribution is 2.16. The van der Waals surface area contributed by atoms with Gasteiger partial charge in [-0.25, -0.2) is 0 Å². The van der Waals surface area contributed by atoms with Gasteiger partial charge in [-0.2, -0.15) is 0 Å². The van der Waals surface area contributed by atoms with Crippen LogP contribution in [-0.4, -0.2) is 0 Å². The Morgan fingerprint density at radius 2 is 1.64 bits per heavy atom. The third-order valence-corrected chi connectivity index (χ3v) is 2.68. The van der Waals surface area contributed by atoms with Crippen LogP contribution in [0.2, 0.25) is 0 Å². The molecule has 1 aromatic rings. The maximum atomic E-state index is 2.39. The standard InChI is InChI=1S/C14H22/c1-5-13-8-7-12(9-11(3)4)10-14(13)6-2/h7-8,10-11H,5-6,9H2,1-4H3. The summed E-state index contributed by atoms with van der Waals surface area (Å²) in [5, 5.41) is 0. The van der Waals surface area contributed by atoms with E-state index in [4.69, 9.17) is 0 Å². The third-order valence-electron chi connectivity index (χ3n) is 2.68. The largest absolute Gasteiger partial charge is 0.0625 e. The topological polar surface area (TPSA) is 0 Å². The SMILES string of the molecule is CCc1ccc(CC(C)C)cc1CC. The molecular weight excluding hydrogens is 168 g/mol. The molecule has 0 N–H and O–H groups in total. The molecule has 0 bridgehead atoms. The van der Waals surface area contributed by atoms with Gasteiger partial charge >= 0.3 is 0 Å². The van der Waals surface area contributed by atoms with Crippen LogP contribution in [-0.2, 0) is 19.3 Å². The van der Waals surface area contributed by atoms with Crippen LogP contribution in [0, 0.1) is 5.92 Å². The molecule has 0 saturated heterocycles. The van der Waals surface area contributed by atoms with Gasteiger partial charge < -0.3 is 0 Å². The molecule has 78 valence electrons. The second kappa shape index (κ2) is 5.19. The number of hydrogen-bond acceptors (Lipinski definition) is 0. The molecule has 0 aliphatic rings. The van der Waals surface area contributed by atoms with Gasteiger partial charge in [0, 0.05) is 0 Å². The van der Waals surface area contributed by atoms with E-state index in [1.807, 2.05) is 0 Å². The zero-order chi connectivity index (χ0) is 10.6. The Kier molecular flexibility index (Phi) is 4.19. The summed E-state index contributed by atoms with van der Waals surface area (Å²) in [4.78, 5) is 0. The second-order valence-electron chi connectivity index (χ2n) is 4.41. The molecular formula is C14H22. The Morgan fingerprint density at radius 1 is 1.00 bits per heavy atom. The molecule has 0 radical (unpaired) electrons. The first-order valence-corrected chi connectivity index (χ1v) is 5.78. The maximum absolute atomic E-state index is 2.39. The number of benzene rings is 1. The van der Waals surface area contributed by atoms with Crippen molar-refractivity contribution in [2.45, 2.75) is 47.0 Å². The quantitative estimate of drug-likeness (QED) is 0.673. The number of rotatable bonds is 4. The van der Waals surface area contributed by atoms with E-state index in [2.05, 4.69) is 45.9 Å². The van der Waals surface area contributed by atoms with Crippen LogP contribution in [0.25, 0.3) is 0 Å². The van der Waals surface area contributed by atoms with Gasteiger partial charge in [0.25, 0.3) is 0 Å². The van der Waals surface area contributed by atoms with Gasteiger partial charge in [0.05, 0.1) is 0 Å². The summed E-state index contributed by atoms with van der Waals surface area (Å²) >= 11 is 0. The van der Waals surface area contributed by atoms with Gasteiger partial charge in [-0.15, -0.1) is 0 Å². The van der Waals surface area contributed by atoms with Crippen LogP contribution < -0.4 is 0 Å². The molecule has 0 fully saturated rings. The number of aryl methyl sites for hydroxylation is 2. The fourth-order valence-electron chi connectivity index (χ4n) is 1.95. The van der Waals surface area contributed by atoms with Gasteiger partial charge in [-0.05, 0) is 41.9 Å². The van der Waals surface area contributed by atoms with E-state index < -0.39 is 0 Å². The van der Waals surface area contributed by atoms with Crippen LogP contribution in [0.3, 0.4) is 0 Å².